The molecule has 5 heteroatoms. The van der Waals surface area contributed by atoms with Crippen LogP contribution in [0.5, 0.6) is 0 Å². The van der Waals surface area contributed by atoms with Crippen LogP contribution >= 0.6 is 0 Å². The Labute approximate surface area is 180 Å². The third-order valence-corrected chi connectivity index (χ3v) is 6.97. The topological polar surface area (TPSA) is 67.3 Å². The first-order valence-electron chi connectivity index (χ1n) is 11.3. The second-order valence-electron chi connectivity index (χ2n) is 9.19. The minimum atomic E-state index is 0. The molecule has 0 bridgehead atoms. The average molecular weight is 402 g/mol. The zero-order chi connectivity index (χ0) is 20.7. The number of nitrogens with one attached hydrogen (secondary N) is 1. The summed E-state index contributed by atoms with van der Waals surface area (Å²) in [6.07, 6.45) is 9.56. The van der Waals surface area contributed by atoms with Gasteiger partial charge in [-0.3, -0.25) is 4.98 Å². The number of rotatable bonds is 3. The van der Waals surface area contributed by atoms with Crippen LogP contribution in [0.3, 0.4) is 0 Å². The molecule has 2 aliphatic rings. The van der Waals surface area contributed by atoms with E-state index >= 15 is 0 Å². The van der Waals surface area contributed by atoms with E-state index in [1.54, 1.807) is 0 Å². The van der Waals surface area contributed by atoms with Crippen molar-refractivity contribution in [3.63, 3.8) is 0 Å². The van der Waals surface area contributed by atoms with E-state index in [0.29, 0.717) is 17.7 Å². The predicted molar refractivity (Wildman–Crippen MR) is 119 cm³/mol. The van der Waals surface area contributed by atoms with Gasteiger partial charge in [0.1, 0.15) is 0 Å². The Hall–Kier alpha value is -2.74. The number of tetrazole rings is 1. The Bertz CT molecular complexity index is 1030. The van der Waals surface area contributed by atoms with E-state index < -0.39 is 0 Å². The number of fused-ring (bicyclic) bond motifs is 1. The molecule has 0 aliphatic heterocycles. The summed E-state index contributed by atoms with van der Waals surface area (Å²) < 4.78 is 0. The van der Waals surface area contributed by atoms with Gasteiger partial charge < -0.3 is 0 Å². The van der Waals surface area contributed by atoms with Crippen LogP contribution < -0.4 is 0 Å². The molecule has 1 unspecified atom stereocenters. The molecule has 5 rings (SSSR count). The highest BCUT2D eigenvalue weighted by Crippen LogP contribution is 2.46. The van der Waals surface area contributed by atoms with Crippen LogP contribution in [0.1, 0.15) is 80.9 Å². The van der Waals surface area contributed by atoms with Gasteiger partial charge in [-0.05, 0) is 79.8 Å². The Morgan fingerprint density at radius 3 is 2.63 bits per heavy atom. The SMILES string of the molecule is Cc1c#ccc(C)c1-c1c2c(nc(C3CCCCC3)c1-c1nn[nH]n1)CCC(C)C2.[HH]. The summed E-state index contributed by atoms with van der Waals surface area (Å²) in [6, 6.07) is 8.53. The maximum absolute atomic E-state index is 5.33. The molecule has 0 radical (unpaired) electrons. The third-order valence-electron chi connectivity index (χ3n) is 6.97. The lowest BCUT2D eigenvalue weighted by molar-refractivity contribution is 0.433. The molecule has 3 aromatic rings. The number of hydrogen-bond acceptors (Lipinski definition) is 4. The van der Waals surface area contributed by atoms with Crippen molar-refractivity contribution in [2.45, 2.75) is 78.1 Å². The van der Waals surface area contributed by atoms with E-state index in [2.05, 4.69) is 53.5 Å². The maximum Gasteiger partial charge on any atom is 0.207 e. The van der Waals surface area contributed by atoms with Crippen molar-refractivity contribution in [3.05, 3.63) is 46.3 Å². The van der Waals surface area contributed by atoms with Crippen molar-refractivity contribution in [2.75, 3.05) is 0 Å². The number of nitrogens with zero attached hydrogens (tertiary/aromatic N) is 4. The number of aromatic nitrogens is 5. The highest BCUT2D eigenvalue weighted by molar-refractivity contribution is 5.88. The molecule has 2 aromatic heterocycles. The summed E-state index contributed by atoms with van der Waals surface area (Å²) in [5.74, 6) is 1.79. The molecular formula is C25H31N5. The minimum absolute atomic E-state index is 0. The lowest BCUT2D eigenvalue weighted by Gasteiger charge is -2.30. The number of aromatic amines is 1. The molecule has 1 fully saturated rings. The lowest BCUT2D eigenvalue weighted by atomic mass is 9.77. The quantitative estimate of drug-likeness (QED) is 0.623. The van der Waals surface area contributed by atoms with E-state index in [1.165, 1.54) is 72.2 Å². The molecule has 0 saturated heterocycles. The smallest absolute Gasteiger partial charge is 0.207 e. The second-order valence-corrected chi connectivity index (χ2v) is 9.19. The van der Waals surface area contributed by atoms with Gasteiger partial charge in [-0.1, -0.05) is 38.3 Å². The van der Waals surface area contributed by atoms with E-state index in [4.69, 9.17) is 4.98 Å². The first-order valence-corrected chi connectivity index (χ1v) is 11.3. The number of pyridine rings is 1. The van der Waals surface area contributed by atoms with E-state index in [0.717, 1.165) is 24.0 Å². The van der Waals surface area contributed by atoms with Crippen LogP contribution in [0.25, 0.3) is 22.5 Å². The standard InChI is InChI=1S/C25H29N5.H2/c1-15-12-13-20-19(14-15)22(21-16(2)8-7-9-17(21)3)23(25-27-29-30-28-25)24(26-20)18-10-5-4-6-11-18;/h8,15,18H,4-6,10-14H2,1-3H3,(H,27,28,29,30);1H. The van der Waals surface area contributed by atoms with Gasteiger partial charge in [0.15, 0.2) is 0 Å². The molecular weight excluding hydrogens is 370 g/mol. The molecule has 0 spiro atoms. The van der Waals surface area contributed by atoms with E-state index in [-0.39, 0.29) is 1.43 Å². The Kier molecular flexibility index (Phi) is 5.02. The highest BCUT2D eigenvalue weighted by atomic mass is 15.5. The molecule has 2 aliphatic carbocycles. The largest absolute Gasteiger partial charge is 0.256 e. The monoisotopic (exact) mass is 401 g/mol. The summed E-state index contributed by atoms with van der Waals surface area (Å²) in [7, 11) is 0. The molecule has 2 heterocycles. The second kappa shape index (κ2) is 7.83. The number of hydrogen-bond donors (Lipinski definition) is 1. The Morgan fingerprint density at radius 2 is 1.90 bits per heavy atom. The van der Waals surface area contributed by atoms with Crippen molar-refractivity contribution in [1.29, 1.82) is 0 Å². The third kappa shape index (κ3) is 3.29. The molecule has 156 valence electrons. The molecule has 1 saturated carbocycles. The van der Waals surface area contributed by atoms with Crippen LogP contribution in [0.15, 0.2) is 6.07 Å². The van der Waals surface area contributed by atoms with Crippen LogP contribution in [0.4, 0.5) is 0 Å². The van der Waals surface area contributed by atoms with Crippen LogP contribution in [0.2, 0.25) is 0 Å². The Morgan fingerprint density at radius 1 is 1.07 bits per heavy atom. The van der Waals surface area contributed by atoms with Gasteiger partial charge in [0.25, 0.3) is 0 Å². The van der Waals surface area contributed by atoms with Gasteiger partial charge in [0.2, 0.25) is 5.82 Å². The van der Waals surface area contributed by atoms with Crippen molar-refractivity contribution >= 4 is 0 Å². The number of H-pyrrole nitrogens is 1. The Balaban J connectivity index is 0.00000231. The first-order chi connectivity index (χ1) is 14.6. The molecule has 5 nitrogen and oxygen atoms in total. The normalized spacial score (nSPS) is 19.4. The van der Waals surface area contributed by atoms with Crippen LogP contribution in [-0.4, -0.2) is 25.6 Å². The summed E-state index contributed by atoms with van der Waals surface area (Å²) in [4.78, 5) is 5.33. The minimum Gasteiger partial charge on any atom is -0.256 e. The fourth-order valence-electron chi connectivity index (χ4n) is 5.46. The summed E-state index contributed by atoms with van der Waals surface area (Å²) in [5, 5.41) is 15.5. The van der Waals surface area contributed by atoms with Gasteiger partial charge >= 0.3 is 0 Å². The van der Waals surface area contributed by atoms with Gasteiger partial charge in [-0.25, -0.2) is 0 Å². The van der Waals surface area contributed by atoms with Crippen LogP contribution in [-0.2, 0) is 12.8 Å². The molecule has 30 heavy (non-hydrogen) atoms. The van der Waals surface area contributed by atoms with Crippen molar-refractivity contribution in [3.8, 4) is 22.5 Å². The molecule has 1 N–H and O–H groups in total. The summed E-state index contributed by atoms with van der Waals surface area (Å²) in [5.41, 5.74) is 9.80. The predicted octanol–water partition coefficient (Wildman–Crippen LogP) is 5.56. The van der Waals surface area contributed by atoms with Crippen molar-refractivity contribution in [2.24, 2.45) is 5.92 Å². The van der Waals surface area contributed by atoms with E-state index in [1.807, 2.05) is 6.07 Å². The van der Waals surface area contributed by atoms with Crippen molar-refractivity contribution in [1.82, 2.24) is 25.6 Å². The maximum atomic E-state index is 5.33. The van der Waals surface area contributed by atoms with Crippen LogP contribution in [0, 0.1) is 31.9 Å². The zero-order valence-electron chi connectivity index (χ0n) is 18.2. The fourth-order valence-corrected chi connectivity index (χ4v) is 5.46. The fraction of sp³-hybridized carbons (Fsp3) is 0.520. The molecule has 1 aromatic carbocycles. The van der Waals surface area contributed by atoms with Crippen molar-refractivity contribution < 1.29 is 1.43 Å². The van der Waals surface area contributed by atoms with Gasteiger partial charge in [0.05, 0.1) is 11.3 Å². The van der Waals surface area contributed by atoms with Gasteiger partial charge in [-0.2, -0.15) is 5.21 Å². The zero-order valence-corrected chi connectivity index (χ0v) is 18.2. The average Bonchev–Trinajstić information content (AvgIpc) is 3.28. The summed E-state index contributed by atoms with van der Waals surface area (Å²) in [6.45, 7) is 6.66. The highest BCUT2D eigenvalue weighted by Gasteiger charge is 2.32. The van der Waals surface area contributed by atoms with Gasteiger partial charge in [-0.15, -0.1) is 10.2 Å². The summed E-state index contributed by atoms with van der Waals surface area (Å²) >= 11 is 0. The first kappa shape index (κ1) is 19.2. The van der Waals surface area contributed by atoms with E-state index in [9.17, 15) is 0 Å². The number of aryl methyl sites for hydroxylation is 2. The molecule has 0 amide bonds. The lowest BCUT2D eigenvalue weighted by Crippen LogP contribution is -2.19. The van der Waals surface area contributed by atoms with Gasteiger partial charge in [0, 0.05) is 24.2 Å². The molecule has 1 atom stereocenters.